The molecular weight excluding hydrogens is 318 g/mol. The highest BCUT2D eigenvalue weighted by Gasteiger charge is 2.15. The Morgan fingerprint density at radius 2 is 2.08 bits per heavy atom. The molecule has 2 N–H and O–H groups in total. The van der Waals surface area contributed by atoms with E-state index in [1.165, 1.54) is 12.4 Å². The van der Waals surface area contributed by atoms with E-state index < -0.39 is 11.6 Å². The minimum atomic E-state index is -0.894. The Balaban J connectivity index is 1.71. The number of anilines is 1. The summed E-state index contributed by atoms with van der Waals surface area (Å²) in [5.41, 5.74) is 1.66. The van der Waals surface area contributed by atoms with Gasteiger partial charge >= 0.3 is 0 Å². The molecule has 3 aromatic rings. The monoisotopic (exact) mass is 334 g/mol. The SMILES string of the molecule is Cc1noc2ncnc(NCC(CO)Cc3ccc(F)c(F)c3)c12. The molecule has 0 spiro atoms. The van der Waals surface area contributed by atoms with Crippen molar-refractivity contribution in [3.8, 4) is 0 Å². The van der Waals surface area contributed by atoms with Crippen molar-refractivity contribution in [2.75, 3.05) is 18.5 Å². The second kappa shape index (κ2) is 6.88. The number of benzene rings is 1. The Labute approximate surface area is 136 Å². The zero-order chi connectivity index (χ0) is 17.1. The van der Waals surface area contributed by atoms with E-state index in [-0.39, 0.29) is 12.5 Å². The summed E-state index contributed by atoms with van der Waals surface area (Å²) in [5.74, 6) is -1.42. The first-order valence-electron chi connectivity index (χ1n) is 7.44. The number of fused-ring (bicyclic) bond motifs is 1. The molecule has 0 aliphatic heterocycles. The molecule has 0 saturated carbocycles. The lowest BCUT2D eigenvalue weighted by molar-refractivity contribution is 0.232. The summed E-state index contributed by atoms with van der Waals surface area (Å²) in [7, 11) is 0. The van der Waals surface area contributed by atoms with Gasteiger partial charge in [-0.25, -0.2) is 13.8 Å². The van der Waals surface area contributed by atoms with Crippen molar-refractivity contribution < 1.29 is 18.4 Å². The molecule has 0 aliphatic carbocycles. The molecule has 0 amide bonds. The van der Waals surface area contributed by atoms with E-state index in [1.54, 1.807) is 6.92 Å². The van der Waals surface area contributed by atoms with Gasteiger partial charge in [-0.2, -0.15) is 4.98 Å². The molecule has 1 atom stereocenters. The van der Waals surface area contributed by atoms with E-state index in [1.807, 2.05) is 0 Å². The summed E-state index contributed by atoms with van der Waals surface area (Å²) in [6, 6.07) is 3.74. The predicted molar refractivity (Wildman–Crippen MR) is 83.5 cm³/mol. The predicted octanol–water partition coefficient (Wildman–Crippen LogP) is 2.47. The van der Waals surface area contributed by atoms with Gasteiger partial charge in [0, 0.05) is 19.1 Å². The van der Waals surface area contributed by atoms with Gasteiger partial charge in [-0.3, -0.25) is 0 Å². The molecule has 1 unspecified atom stereocenters. The molecule has 126 valence electrons. The highest BCUT2D eigenvalue weighted by atomic mass is 19.2. The number of aliphatic hydroxyl groups is 1. The number of hydrogen-bond donors (Lipinski definition) is 2. The Kier molecular flexibility index (Phi) is 4.66. The van der Waals surface area contributed by atoms with Crippen LogP contribution in [0, 0.1) is 24.5 Å². The fourth-order valence-corrected chi connectivity index (χ4v) is 2.50. The van der Waals surface area contributed by atoms with E-state index >= 15 is 0 Å². The van der Waals surface area contributed by atoms with Crippen molar-refractivity contribution in [1.29, 1.82) is 0 Å². The fraction of sp³-hybridized carbons (Fsp3) is 0.312. The zero-order valence-corrected chi connectivity index (χ0v) is 13.0. The third-order valence-corrected chi connectivity index (χ3v) is 3.77. The normalized spacial score (nSPS) is 12.5. The highest BCUT2D eigenvalue weighted by molar-refractivity contribution is 5.87. The van der Waals surface area contributed by atoms with Crippen LogP contribution in [0.2, 0.25) is 0 Å². The first-order valence-corrected chi connectivity index (χ1v) is 7.44. The number of nitrogens with zero attached hydrogens (tertiary/aromatic N) is 3. The zero-order valence-electron chi connectivity index (χ0n) is 13.0. The molecule has 0 fully saturated rings. The number of hydrogen-bond acceptors (Lipinski definition) is 6. The van der Waals surface area contributed by atoms with Crippen LogP contribution in [0.4, 0.5) is 14.6 Å². The molecule has 2 heterocycles. The maximum atomic E-state index is 13.3. The van der Waals surface area contributed by atoms with Crippen molar-refractivity contribution in [2.45, 2.75) is 13.3 Å². The molecule has 0 radical (unpaired) electrons. The van der Waals surface area contributed by atoms with Gasteiger partial charge < -0.3 is 14.9 Å². The minimum absolute atomic E-state index is 0.108. The Morgan fingerprint density at radius 1 is 1.25 bits per heavy atom. The first kappa shape index (κ1) is 16.3. The van der Waals surface area contributed by atoms with Crippen LogP contribution in [-0.2, 0) is 6.42 Å². The van der Waals surface area contributed by atoms with Crippen molar-refractivity contribution in [1.82, 2.24) is 15.1 Å². The topological polar surface area (TPSA) is 84.1 Å². The summed E-state index contributed by atoms with van der Waals surface area (Å²) < 4.78 is 31.3. The molecule has 6 nitrogen and oxygen atoms in total. The summed E-state index contributed by atoms with van der Waals surface area (Å²) in [6.07, 6.45) is 1.76. The lowest BCUT2D eigenvalue weighted by Crippen LogP contribution is -2.21. The van der Waals surface area contributed by atoms with Crippen molar-refractivity contribution in [2.24, 2.45) is 5.92 Å². The van der Waals surface area contributed by atoms with Gasteiger partial charge in [0.1, 0.15) is 17.5 Å². The second-order valence-corrected chi connectivity index (χ2v) is 5.55. The van der Waals surface area contributed by atoms with Crippen LogP contribution in [-0.4, -0.2) is 33.4 Å². The van der Waals surface area contributed by atoms with Gasteiger partial charge in [0.05, 0.1) is 5.69 Å². The molecule has 2 aromatic heterocycles. The summed E-state index contributed by atoms with van der Waals surface area (Å²) in [5, 5.41) is 17.2. The smallest absolute Gasteiger partial charge is 0.263 e. The molecule has 3 rings (SSSR count). The maximum Gasteiger partial charge on any atom is 0.263 e. The Morgan fingerprint density at radius 3 is 2.83 bits per heavy atom. The number of aromatic nitrogens is 3. The molecular formula is C16H16F2N4O2. The van der Waals surface area contributed by atoms with Gasteiger partial charge in [0.25, 0.3) is 5.71 Å². The lowest BCUT2D eigenvalue weighted by atomic mass is 10.00. The van der Waals surface area contributed by atoms with Crippen LogP contribution in [0.1, 0.15) is 11.3 Å². The fourth-order valence-electron chi connectivity index (χ4n) is 2.50. The van der Waals surface area contributed by atoms with Crippen LogP contribution in [0.25, 0.3) is 11.1 Å². The number of aliphatic hydroxyl groups excluding tert-OH is 1. The van der Waals surface area contributed by atoms with E-state index in [9.17, 15) is 13.9 Å². The molecule has 8 heteroatoms. The standard InChI is InChI=1S/C16H16F2N4O2/c1-9-14-15(20-8-21-16(14)24-22-9)19-6-11(7-23)4-10-2-3-12(17)13(18)5-10/h2-3,5,8,11,23H,4,6-7H2,1H3,(H,19,20,21). The lowest BCUT2D eigenvalue weighted by Gasteiger charge is -2.16. The average Bonchev–Trinajstić information content (AvgIpc) is 2.97. The van der Waals surface area contributed by atoms with Crippen LogP contribution < -0.4 is 5.32 Å². The van der Waals surface area contributed by atoms with Gasteiger partial charge in [-0.05, 0) is 31.0 Å². The number of aryl methyl sites for hydroxylation is 1. The Bertz CT molecular complexity index is 853. The van der Waals surface area contributed by atoms with Crippen molar-refractivity contribution in [3.63, 3.8) is 0 Å². The third kappa shape index (κ3) is 3.33. The molecule has 24 heavy (non-hydrogen) atoms. The molecule has 0 saturated heterocycles. The maximum absolute atomic E-state index is 13.3. The van der Waals surface area contributed by atoms with Crippen LogP contribution in [0.15, 0.2) is 29.0 Å². The molecule has 0 aliphatic rings. The van der Waals surface area contributed by atoms with Gasteiger partial charge in [-0.1, -0.05) is 11.2 Å². The largest absolute Gasteiger partial charge is 0.396 e. The van der Waals surface area contributed by atoms with Crippen LogP contribution >= 0.6 is 0 Å². The number of halogens is 2. The van der Waals surface area contributed by atoms with E-state index in [4.69, 9.17) is 4.52 Å². The van der Waals surface area contributed by atoms with Gasteiger partial charge in [0.2, 0.25) is 0 Å². The molecule has 0 bridgehead atoms. The van der Waals surface area contributed by atoms with E-state index in [0.29, 0.717) is 41.1 Å². The quantitative estimate of drug-likeness (QED) is 0.720. The average molecular weight is 334 g/mol. The van der Waals surface area contributed by atoms with Crippen molar-refractivity contribution >= 4 is 16.9 Å². The Hall–Kier alpha value is -2.61. The van der Waals surface area contributed by atoms with E-state index in [2.05, 4.69) is 20.4 Å². The second-order valence-electron chi connectivity index (χ2n) is 5.55. The van der Waals surface area contributed by atoms with Crippen LogP contribution in [0.5, 0.6) is 0 Å². The van der Waals surface area contributed by atoms with Crippen LogP contribution in [0.3, 0.4) is 0 Å². The summed E-state index contributed by atoms with van der Waals surface area (Å²) in [4.78, 5) is 8.15. The number of nitrogens with one attached hydrogen (secondary N) is 1. The third-order valence-electron chi connectivity index (χ3n) is 3.77. The summed E-state index contributed by atoms with van der Waals surface area (Å²) >= 11 is 0. The first-order chi connectivity index (χ1) is 11.6. The van der Waals surface area contributed by atoms with Gasteiger partial charge in [-0.15, -0.1) is 0 Å². The minimum Gasteiger partial charge on any atom is -0.396 e. The number of rotatable bonds is 6. The van der Waals surface area contributed by atoms with Gasteiger partial charge in [0.15, 0.2) is 11.6 Å². The van der Waals surface area contributed by atoms with E-state index in [0.717, 1.165) is 12.1 Å². The van der Waals surface area contributed by atoms with Crippen molar-refractivity contribution in [3.05, 3.63) is 47.4 Å². The highest BCUT2D eigenvalue weighted by Crippen LogP contribution is 2.23. The summed E-state index contributed by atoms with van der Waals surface area (Å²) in [6.45, 7) is 2.07. The molecule has 1 aromatic carbocycles.